The third-order valence-corrected chi connectivity index (χ3v) is 5.36. The van der Waals surface area contributed by atoms with Crippen molar-refractivity contribution in [3.05, 3.63) is 58.9 Å². The molecule has 0 aliphatic carbocycles. The average Bonchev–Trinajstić information content (AvgIpc) is 2.63. The van der Waals surface area contributed by atoms with E-state index in [1.807, 2.05) is 0 Å². The quantitative estimate of drug-likeness (QED) is 0.651. The molecule has 1 aromatic heterocycles. The third kappa shape index (κ3) is 3.87. The van der Waals surface area contributed by atoms with E-state index < -0.39 is 0 Å². The van der Waals surface area contributed by atoms with E-state index in [1.165, 1.54) is 11.3 Å². The van der Waals surface area contributed by atoms with Gasteiger partial charge in [0.1, 0.15) is 5.69 Å². The van der Waals surface area contributed by atoms with E-state index in [-0.39, 0.29) is 11.4 Å². The summed E-state index contributed by atoms with van der Waals surface area (Å²) in [6, 6.07) is 9.68. The molecule has 0 saturated heterocycles. The van der Waals surface area contributed by atoms with Crippen molar-refractivity contribution in [2.45, 2.75) is 52.5 Å². The summed E-state index contributed by atoms with van der Waals surface area (Å²) in [6.07, 6.45) is 4.43. The minimum atomic E-state index is -0.310. The SMILES string of the molecule is CCN1c2cc(C)c(/C=N\NC(=O)c3ccccn3)cc2[C@@H](C)CC1(C)C. The van der Waals surface area contributed by atoms with Gasteiger partial charge >= 0.3 is 0 Å². The Labute approximate surface area is 161 Å². The Morgan fingerprint density at radius 3 is 2.85 bits per heavy atom. The van der Waals surface area contributed by atoms with Crippen LogP contribution in [-0.2, 0) is 0 Å². The third-order valence-electron chi connectivity index (χ3n) is 5.36. The molecule has 0 spiro atoms. The highest BCUT2D eigenvalue weighted by molar-refractivity contribution is 5.93. The number of aryl methyl sites for hydroxylation is 1. The maximum absolute atomic E-state index is 12.1. The number of fused-ring (bicyclic) bond motifs is 1. The molecule has 1 N–H and O–H groups in total. The van der Waals surface area contributed by atoms with Crippen molar-refractivity contribution in [1.29, 1.82) is 0 Å². The predicted octanol–water partition coefficient (Wildman–Crippen LogP) is 4.27. The van der Waals surface area contributed by atoms with Crippen LogP contribution in [0.3, 0.4) is 0 Å². The number of hydrogen-bond acceptors (Lipinski definition) is 4. The van der Waals surface area contributed by atoms with Gasteiger partial charge in [0.25, 0.3) is 5.91 Å². The highest BCUT2D eigenvalue weighted by Gasteiger charge is 2.35. The van der Waals surface area contributed by atoms with Crippen LogP contribution in [-0.4, -0.2) is 29.2 Å². The monoisotopic (exact) mass is 364 g/mol. The van der Waals surface area contributed by atoms with E-state index >= 15 is 0 Å². The molecule has 1 aromatic carbocycles. The number of carbonyl (C=O) groups excluding carboxylic acids is 1. The summed E-state index contributed by atoms with van der Waals surface area (Å²) >= 11 is 0. The van der Waals surface area contributed by atoms with Gasteiger partial charge in [-0.2, -0.15) is 5.10 Å². The van der Waals surface area contributed by atoms with Gasteiger partial charge in [-0.1, -0.05) is 13.0 Å². The summed E-state index contributed by atoms with van der Waals surface area (Å²) in [6.45, 7) is 12.2. The molecule has 2 heterocycles. The summed E-state index contributed by atoms with van der Waals surface area (Å²) in [5.74, 6) is 0.170. The number of pyridine rings is 1. The van der Waals surface area contributed by atoms with Crippen LogP contribution in [0, 0.1) is 6.92 Å². The van der Waals surface area contributed by atoms with Crippen LogP contribution >= 0.6 is 0 Å². The first-order chi connectivity index (χ1) is 12.8. The summed E-state index contributed by atoms with van der Waals surface area (Å²) in [5, 5.41) is 4.14. The van der Waals surface area contributed by atoms with E-state index in [9.17, 15) is 4.79 Å². The molecule has 142 valence electrons. The lowest BCUT2D eigenvalue weighted by Crippen LogP contribution is -2.48. The Morgan fingerprint density at radius 1 is 1.41 bits per heavy atom. The minimum Gasteiger partial charge on any atom is -0.366 e. The molecule has 27 heavy (non-hydrogen) atoms. The molecule has 0 bridgehead atoms. The van der Waals surface area contributed by atoms with Gasteiger partial charge in [0, 0.05) is 24.0 Å². The van der Waals surface area contributed by atoms with Crippen molar-refractivity contribution in [2.75, 3.05) is 11.4 Å². The number of amides is 1. The van der Waals surface area contributed by atoms with Crippen LogP contribution in [0.25, 0.3) is 0 Å². The van der Waals surface area contributed by atoms with E-state index in [1.54, 1.807) is 30.6 Å². The molecule has 2 aromatic rings. The van der Waals surface area contributed by atoms with Gasteiger partial charge in [-0.15, -0.1) is 0 Å². The van der Waals surface area contributed by atoms with Crippen molar-refractivity contribution in [2.24, 2.45) is 5.10 Å². The highest BCUT2D eigenvalue weighted by Crippen LogP contribution is 2.43. The summed E-state index contributed by atoms with van der Waals surface area (Å²) in [5.41, 5.74) is 7.89. The van der Waals surface area contributed by atoms with Crippen LogP contribution in [0.15, 0.2) is 41.6 Å². The van der Waals surface area contributed by atoms with Crippen LogP contribution in [0.5, 0.6) is 0 Å². The summed E-state index contributed by atoms with van der Waals surface area (Å²) in [7, 11) is 0. The second-order valence-electron chi connectivity index (χ2n) is 7.84. The maximum Gasteiger partial charge on any atom is 0.289 e. The molecule has 0 unspecified atom stereocenters. The first-order valence-electron chi connectivity index (χ1n) is 9.50. The van der Waals surface area contributed by atoms with Crippen molar-refractivity contribution >= 4 is 17.8 Å². The predicted molar refractivity (Wildman–Crippen MR) is 111 cm³/mol. The minimum absolute atomic E-state index is 0.153. The number of benzene rings is 1. The smallest absolute Gasteiger partial charge is 0.289 e. The standard InChI is InChI=1S/C22H28N4O/c1-6-26-20-11-15(2)17(12-18(20)16(3)13-22(26,4)5)14-24-25-21(27)19-9-7-8-10-23-19/h7-12,14,16H,6,13H2,1-5H3,(H,25,27)/b24-14-/t16-/m0/s1. The summed E-state index contributed by atoms with van der Waals surface area (Å²) < 4.78 is 0. The Morgan fingerprint density at radius 2 is 2.19 bits per heavy atom. The van der Waals surface area contributed by atoms with Crippen molar-refractivity contribution in [3.63, 3.8) is 0 Å². The number of anilines is 1. The maximum atomic E-state index is 12.1. The fourth-order valence-electron chi connectivity index (χ4n) is 4.10. The first-order valence-corrected chi connectivity index (χ1v) is 9.50. The van der Waals surface area contributed by atoms with Gasteiger partial charge in [0.2, 0.25) is 0 Å². The molecule has 1 amide bonds. The topological polar surface area (TPSA) is 57.6 Å². The molecule has 0 fully saturated rings. The van der Waals surface area contributed by atoms with Gasteiger partial charge in [-0.3, -0.25) is 9.78 Å². The van der Waals surface area contributed by atoms with Crippen LogP contribution < -0.4 is 10.3 Å². The fraction of sp³-hybridized carbons (Fsp3) is 0.409. The average molecular weight is 364 g/mol. The van der Waals surface area contributed by atoms with Crippen molar-refractivity contribution in [3.8, 4) is 0 Å². The molecule has 5 nitrogen and oxygen atoms in total. The van der Waals surface area contributed by atoms with E-state index in [0.717, 1.165) is 24.1 Å². The number of nitrogens with zero attached hydrogens (tertiary/aromatic N) is 3. The van der Waals surface area contributed by atoms with Gasteiger partial charge in [-0.05, 0) is 81.0 Å². The van der Waals surface area contributed by atoms with Crippen molar-refractivity contribution in [1.82, 2.24) is 10.4 Å². The number of hydrazone groups is 1. The van der Waals surface area contributed by atoms with Crippen molar-refractivity contribution < 1.29 is 4.79 Å². The number of carbonyl (C=O) groups is 1. The molecule has 1 atom stereocenters. The van der Waals surface area contributed by atoms with Gasteiger partial charge in [0.15, 0.2) is 0 Å². The fourth-order valence-corrected chi connectivity index (χ4v) is 4.10. The van der Waals surface area contributed by atoms with Crippen LogP contribution in [0.4, 0.5) is 5.69 Å². The Bertz CT molecular complexity index is 858. The largest absolute Gasteiger partial charge is 0.366 e. The zero-order chi connectivity index (χ0) is 19.6. The van der Waals surface area contributed by atoms with E-state index in [4.69, 9.17) is 0 Å². The zero-order valence-corrected chi connectivity index (χ0v) is 16.8. The van der Waals surface area contributed by atoms with E-state index in [0.29, 0.717) is 11.6 Å². The molecule has 1 aliphatic rings. The molecule has 1 aliphatic heterocycles. The lowest BCUT2D eigenvalue weighted by molar-refractivity contribution is 0.0950. The first kappa shape index (κ1) is 19.1. The second-order valence-corrected chi connectivity index (χ2v) is 7.84. The number of hydrogen-bond donors (Lipinski definition) is 1. The van der Waals surface area contributed by atoms with Gasteiger partial charge < -0.3 is 4.90 Å². The normalized spacial score (nSPS) is 18.4. The number of aromatic nitrogens is 1. The second kappa shape index (κ2) is 7.51. The lowest BCUT2D eigenvalue weighted by Gasteiger charge is -2.47. The Hall–Kier alpha value is -2.69. The molecule has 5 heteroatoms. The summed E-state index contributed by atoms with van der Waals surface area (Å²) in [4.78, 5) is 18.6. The molecular formula is C22H28N4O. The van der Waals surface area contributed by atoms with Crippen LogP contribution in [0.2, 0.25) is 0 Å². The van der Waals surface area contributed by atoms with Gasteiger partial charge in [0.05, 0.1) is 6.21 Å². The molecule has 3 rings (SSSR count). The number of rotatable bonds is 4. The van der Waals surface area contributed by atoms with E-state index in [2.05, 4.69) is 67.2 Å². The Kier molecular flexibility index (Phi) is 5.31. The lowest BCUT2D eigenvalue weighted by atomic mass is 9.79. The zero-order valence-electron chi connectivity index (χ0n) is 16.8. The molecule has 0 saturated carbocycles. The number of nitrogens with one attached hydrogen (secondary N) is 1. The molecular weight excluding hydrogens is 336 g/mol. The molecule has 0 radical (unpaired) electrons. The highest BCUT2D eigenvalue weighted by atomic mass is 16.2. The van der Waals surface area contributed by atoms with Gasteiger partial charge in [-0.25, -0.2) is 5.43 Å². The Balaban J connectivity index is 1.84. The van der Waals surface area contributed by atoms with Crippen LogP contribution in [0.1, 0.15) is 67.2 Å².